The molecule has 2 aromatic heterocycles. The summed E-state index contributed by atoms with van der Waals surface area (Å²) in [7, 11) is 0. The number of carbonyl (C=O) groups excluding carboxylic acids is 1. The lowest BCUT2D eigenvalue weighted by molar-refractivity contribution is 0.0907. The Balaban J connectivity index is 1.38. The van der Waals surface area contributed by atoms with Crippen LogP contribution in [0.25, 0.3) is 17.2 Å². The summed E-state index contributed by atoms with van der Waals surface area (Å²) >= 11 is -2.42. The van der Waals surface area contributed by atoms with Gasteiger partial charge in [0, 0.05) is 22.4 Å². The van der Waals surface area contributed by atoms with Gasteiger partial charge in [0.1, 0.15) is 23.1 Å². The first-order chi connectivity index (χ1) is 17.9. The molecule has 0 radical (unpaired) electrons. The minimum atomic E-state index is -2.42. The molecule has 1 amide bonds. The number of amides is 1. The van der Waals surface area contributed by atoms with E-state index in [2.05, 4.69) is 20.5 Å². The van der Waals surface area contributed by atoms with Gasteiger partial charge in [0.25, 0.3) is 5.91 Å². The quantitative estimate of drug-likeness (QED) is 0.351. The lowest BCUT2D eigenvalue weighted by Crippen LogP contribution is -2.44. The number of carbonyl (C=O) groups is 1. The molecule has 1 saturated carbocycles. The van der Waals surface area contributed by atoms with Gasteiger partial charge in [-0.15, -0.1) is 10.2 Å². The molecule has 0 bridgehead atoms. The highest BCUT2D eigenvalue weighted by molar-refractivity contribution is 7.79. The Morgan fingerprint density at radius 3 is 2.68 bits per heavy atom. The zero-order valence-electron chi connectivity index (χ0n) is 19.8. The molecular formula is C26H23FN5O4S-. The smallest absolute Gasteiger partial charge is 0.251 e. The van der Waals surface area contributed by atoms with Crippen LogP contribution in [0.3, 0.4) is 0 Å². The van der Waals surface area contributed by atoms with Crippen molar-refractivity contribution < 1.29 is 22.7 Å². The number of para-hydroxylation sites is 1. The molecule has 0 spiro atoms. The van der Waals surface area contributed by atoms with Crippen molar-refractivity contribution in [1.82, 2.24) is 25.1 Å². The van der Waals surface area contributed by atoms with Crippen LogP contribution < -0.4 is 10.1 Å². The van der Waals surface area contributed by atoms with E-state index in [1.54, 1.807) is 47.2 Å². The summed E-state index contributed by atoms with van der Waals surface area (Å²) in [5, 5.41) is 11.7. The lowest BCUT2D eigenvalue weighted by Gasteiger charge is -2.35. The summed E-state index contributed by atoms with van der Waals surface area (Å²) in [5.41, 5.74) is 1.09. The fourth-order valence-electron chi connectivity index (χ4n) is 4.32. The molecule has 2 aromatic carbocycles. The van der Waals surface area contributed by atoms with E-state index < -0.39 is 16.9 Å². The number of nitrogens with one attached hydrogen (secondary N) is 1. The summed E-state index contributed by atoms with van der Waals surface area (Å²) in [4.78, 5) is 17.1. The normalized spacial score (nSPS) is 17.6. The number of rotatable bonds is 8. The maximum atomic E-state index is 14.9. The zero-order chi connectivity index (χ0) is 25.9. The van der Waals surface area contributed by atoms with E-state index in [1.165, 1.54) is 24.3 Å². The molecule has 1 aliphatic carbocycles. The van der Waals surface area contributed by atoms with E-state index in [4.69, 9.17) is 4.74 Å². The highest BCUT2D eigenvalue weighted by Crippen LogP contribution is 2.39. The monoisotopic (exact) mass is 520 g/mol. The number of hydrogen-bond acceptors (Lipinski definition) is 7. The highest BCUT2D eigenvalue weighted by atomic mass is 32.2. The topological polar surface area (TPSA) is 122 Å². The highest BCUT2D eigenvalue weighted by Gasteiger charge is 2.36. The second kappa shape index (κ2) is 10.6. The van der Waals surface area contributed by atoms with Crippen molar-refractivity contribution in [2.24, 2.45) is 0 Å². The van der Waals surface area contributed by atoms with Gasteiger partial charge in [0.2, 0.25) is 0 Å². The average Bonchev–Trinajstić information content (AvgIpc) is 3.31. The van der Waals surface area contributed by atoms with E-state index in [9.17, 15) is 17.9 Å². The fourth-order valence-corrected chi connectivity index (χ4v) is 4.73. The van der Waals surface area contributed by atoms with Gasteiger partial charge < -0.3 is 14.6 Å². The first-order valence-electron chi connectivity index (χ1n) is 11.7. The first-order valence-corrected chi connectivity index (χ1v) is 12.8. The molecule has 5 rings (SSSR count). The Morgan fingerprint density at radius 2 is 1.97 bits per heavy atom. The summed E-state index contributed by atoms with van der Waals surface area (Å²) in [6, 6.07) is 15.6. The molecule has 1 unspecified atom stereocenters. The zero-order valence-corrected chi connectivity index (χ0v) is 20.7. The number of aromatic nitrogens is 4. The van der Waals surface area contributed by atoms with Crippen LogP contribution in [0, 0.1) is 5.82 Å². The van der Waals surface area contributed by atoms with Crippen LogP contribution in [0.1, 0.15) is 41.9 Å². The number of benzene rings is 2. The van der Waals surface area contributed by atoms with Crippen molar-refractivity contribution in [1.29, 1.82) is 0 Å². The van der Waals surface area contributed by atoms with Crippen LogP contribution in [0.5, 0.6) is 5.75 Å². The third-order valence-electron chi connectivity index (χ3n) is 6.18. The van der Waals surface area contributed by atoms with Gasteiger partial charge >= 0.3 is 0 Å². The number of halogens is 1. The van der Waals surface area contributed by atoms with E-state index in [-0.39, 0.29) is 28.3 Å². The maximum Gasteiger partial charge on any atom is 0.251 e. The molecule has 0 saturated heterocycles. The van der Waals surface area contributed by atoms with Gasteiger partial charge in [-0.05, 0) is 73.3 Å². The van der Waals surface area contributed by atoms with Crippen LogP contribution in [0.4, 0.5) is 4.39 Å². The fraction of sp³-hybridized carbons (Fsp3) is 0.231. The minimum Gasteiger partial charge on any atom is -0.768 e. The molecule has 1 atom stereocenters. The molecule has 4 aromatic rings. The third kappa shape index (κ3) is 5.13. The largest absolute Gasteiger partial charge is 0.768 e. The summed E-state index contributed by atoms with van der Waals surface area (Å²) in [5.74, 6) is 0.742. The molecule has 9 nitrogen and oxygen atoms in total. The van der Waals surface area contributed by atoms with Crippen LogP contribution in [-0.4, -0.2) is 47.1 Å². The van der Waals surface area contributed by atoms with Crippen LogP contribution in [0.15, 0.2) is 71.8 Å². The van der Waals surface area contributed by atoms with Gasteiger partial charge in [-0.3, -0.25) is 13.6 Å². The third-order valence-corrected chi connectivity index (χ3v) is 6.82. The standard InChI is InChI=1S/C26H24FN5O4S/c1-2-36-19-10-11-22(28-15-19)25-31-30-24(32(25)23-9-4-3-8-21(23)27)17-12-18(13-17)29-26(33)16-6-5-7-20(14-16)37(34)35/h3-11,14-15,17-18H,2,12-13H2,1H3,(H,29,33)(H,34,35)/p-1. The van der Waals surface area contributed by atoms with Crippen molar-refractivity contribution in [3.05, 3.63) is 84.1 Å². The van der Waals surface area contributed by atoms with Gasteiger partial charge in [-0.25, -0.2) is 9.37 Å². The maximum absolute atomic E-state index is 14.9. The molecule has 2 heterocycles. The van der Waals surface area contributed by atoms with E-state index >= 15 is 0 Å². The Kier molecular flexibility index (Phi) is 7.06. The number of nitrogens with zero attached hydrogens (tertiary/aromatic N) is 4. The van der Waals surface area contributed by atoms with E-state index in [0.717, 1.165) is 0 Å². The van der Waals surface area contributed by atoms with Crippen molar-refractivity contribution in [3.63, 3.8) is 0 Å². The molecule has 1 fully saturated rings. The summed E-state index contributed by atoms with van der Waals surface area (Å²) < 4.78 is 44.4. The Labute approximate surface area is 215 Å². The average molecular weight is 521 g/mol. The predicted octanol–water partition coefficient (Wildman–Crippen LogP) is 3.78. The lowest BCUT2D eigenvalue weighted by atomic mass is 9.79. The van der Waals surface area contributed by atoms with Crippen molar-refractivity contribution in [2.75, 3.05) is 6.61 Å². The molecule has 1 N–H and O–H groups in total. The molecule has 37 heavy (non-hydrogen) atoms. The number of pyridine rings is 1. The van der Waals surface area contributed by atoms with Gasteiger partial charge in [-0.1, -0.05) is 18.2 Å². The van der Waals surface area contributed by atoms with E-state index in [0.29, 0.717) is 48.2 Å². The second-order valence-electron chi connectivity index (χ2n) is 8.58. The minimum absolute atomic E-state index is 0.0487. The van der Waals surface area contributed by atoms with Crippen LogP contribution in [0.2, 0.25) is 0 Å². The SMILES string of the molecule is CCOc1ccc(-c2nnc(C3CC(NC(=O)c4cccc(S(=O)[O-])c4)C3)n2-c2ccccc2F)nc1. The first kappa shape index (κ1) is 24.7. The Morgan fingerprint density at radius 1 is 1.16 bits per heavy atom. The Hall–Kier alpha value is -3.96. The van der Waals surface area contributed by atoms with E-state index in [1.807, 2.05) is 6.92 Å². The second-order valence-corrected chi connectivity index (χ2v) is 9.52. The number of hydrogen-bond donors (Lipinski definition) is 1. The van der Waals surface area contributed by atoms with Gasteiger partial charge in [0.15, 0.2) is 5.82 Å². The van der Waals surface area contributed by atoms with Crippen molar-refractivity contribution in [3.8, 4) is 23.0 Å². The summed E-state index contributed by atoms with van der Waals surface area (Å²) in [6.07, 6.45) is 2.73. The van der Waals surface area contributed by atoms with Crippen LogP contribution >= 0.6 is 0 Å². The number of ether oxygens (including phenoxy) is 1. The molecule has 11 heteroatoms. The molecular weight excluding hydrogens is 497 g/mol. The predicted molar refractivity (Wildman–Crippen MR) is 133 cm³/mol. The van der Waals surface area contributed by atoms with Gasteiger partial charge in [0.05, 0.1) is 18.5 Å². The van der Waals surface area contributed by atoms with Crippen molar-refractivity contribution in [2.45, 2.75) is 36.6 Å². The molecule has 0 aliphatic heterocycles. The van der Waals surface area contributed by atoms with Crippen LogP contribution in [-0.2, 0) is 11.1 Å². The molecule has 190 valence electrons. The van der Waals surface area contributed by atoms with Gasteiger partial charge in [-0.2, -0.15) is 0 Å². The summed E-state index contributed by atoms with van der Waals surface area (Å²) in [6.45, 7) is 2.40. The molecule has 1 aliphatic rings. The van der Waals surface area contributed by atoms with Crippen molar-refractivity contribution >= 4 is 17.0 Å². The Bertz CT molecular complexity index is 1450.